The molecule has 0 aliphatic rings. The number of nitro groups is 1. The summed E-state index contributed by atoms with van der Waals surface area (Å²) in [6.45, 7) is 2.44. The van der Waals surface area contributed by atoms with Crippen molar-refractivity contribution in [2.75, 3.05) is 36.2 Å². The molecule has 1 amide bonds. The molecule has 2 aromatic rings. The van der Waals surface area contributed by atoms with Crippen LogP contribution in [0, 0.1) is 10.1 Å². The number of carbonyl (C=O) groups excluding carboxylic acids is 1. The summed E-state index contributed by atoms with van der Waals surface area (Å²) in [7, 11) is 1.59. The molecular formula is C16H20N6O4. The van der Waals surface area contributed by atoms with Gasteiger partial charge in [-0.2, -0.15) is 0 Å². The zero-order valence-electron chi connectivity index (χ0n) is 14.5. The minimum Gasteiger partial charge on any atom is -0.385 e. The van der Waals surface area contributed by atoms with Crippen LogP contribution in [0.1, 0.15) is 13.3 Å². The molecule has 0 aliphatic heterocycles. The van der Waals surface area contributed by atoms with Gasteiger partial charge in [0.2, 0.25) is 17.5 Å². The van der Waals surface area contributed by atoms with Crippen LogP contribution in [-0.2, 0) is 9.53 Å². The van der Waals surface area contributed by atoms with Crippen LogP contribution in [0.15, 0.2) is 30.6 Å². The molecule has 3 N–H and O–H groups in total. The highest BCUT2D eigenvalue weighted by Gasteiger charge is 2.22. The molecule has 0 saturated carbocycles. The van der Waals surface area contributed by atoms with Crippen LogP contribution >= 0.6 is 0 Å². The second-order valence-electron chi connectivity index (χ2n) is 5.33. The Balaban J connectivity index is 2.17. The normalized spacial score (nSPS) is 10.2. The van der Waals surface area contributed by atoms with Crippen molar-refractivity contribution in [2.45, 2.75) is 13.3 Å². The average molecular weight is 360 g/mol. The third-order valence-electron chi connectivity index (χ3n) is 3.29. The molecule has 0 aliphatic carbocycles. The van der Waals surface area contributed by atoms with Gasteiger partial charge in [0, 0.05) is 38.6 Å². The number of carbonyl (C=O) groups is 1. The van der Waals surface area contributed by atoms with E-state index in [4.69, 9.17) is 4.74 Å². The van der Waals surface area contributed by atoms with Gasteiger partial charge in [0.05, 0.1) is 4.92 Å². The molecule has 10 nitrogen and oxygen atoms in total. The number of aromatic nitrogens is 2. The first kappa shape index (κ1) is 19.1. The predicted molar refractivity (Wildman–Crippen MR) is 97.7 cm³/mol. The molecule has 2 rings (SSSR count). The lowest BCUT2D eigenvalue weighted by molar-refractivity contribution is -0.383. The third-order valence-corrected chi connectivity index (χ3v) is 3.29. The number of amides is 1. The Labute approximate surface area is 150 Å². The van der Waals surface area contributed by atoms with Gasteiger partial charge in [-0.15, -0.1) is 0 Å². The van der Waals surface area contributed by atoms with Gasteiger partial charge in [-0.05, 0) is 30.7 Å². The van der Waals surface area contributed by atoms with Gasteiger partial charge in [0.15, 0.2) is 0 Å². The first-order chi connectivity index (χ1) is 12.5. The Hall–Kier alpha value is -3.27. The maximum atomic E-state index is 11.5. The van der Waals surface area contributed by atoms with E-state index in [1.165, 1.54) is 13.3 Å². The zero-order valence-corrected chi connectivity index (χ0v) is 14.5. The Bertz CT molecular complexity index is 766. The van der Waals surface area contributed by atoms with Crippen molar-refractivity contribution in [1.82, 2.24) is 9.97 Å². The summed E-state index contributed by atoms with van der Waals surface area (Å²) < 4.78 is 4.95. The first-order valence-electron chi connectivity index (χ1n) is 7.88. The fraction of sp³-hybridized carbons (Fsp3) is 0.312. The monoisotopic (exact) mass is 360 g/mol. The number of nitrogens with one attached hydrogen (secondary N) is 3. The van der Waals surface area contributed by atoms with Crippen molar-refractivity contribution < 1.29 is 14.5 Å². The highest BCUT2D eigenvalue weighted by atomic mass is 16.6. The van der Waals surface area contributed by atoms with Crippen LogP contribution in [0.2, 0.25) is 0 Å². The summed E-state index contributed by atoms with van der Waals surface area (Å²) in [6, 6.07) is 6.73. The molecule has 0 bridgehead atoms. The van der Waals surface area contributed by atoms with Crippen molar-refractivity contribution in [3.8, 4) is 0 Å². The third kappa shape index (κ3) is 5.38. The van der Waals surface area contributed by atoms with Gasteiger partial charge >= 0.3 is 5.69 Å². The van der Waals surface area contributed by atoms with Gasteiger partial charge in [0.25, 0.3) is 0 Å². The Morgan fingerprint density at radius 2 is 1.85 bits per heavy atom. The van der Waals surface area contributed by atoms with Crippen molar-refractivity contribution in [3.05, 3.63) is 40.7 Å². The fourth-order valence-corrected chi connectivity index (χ4v) is 2.17. The van der Waals surface area contributed by atoms with E-state index < -0.39 is 4.92 Å². The molecule has 0 radical (unpaired) electrons. The molecule has 1 aromatic heterocycles. The molecule has 10 heteroatoms. The number of methoxy groups -OCH3 is 1. The summed E-state index contributed by atoms with van der Waals surface area (Å²) in [6.07, 6.45) is 1.94. The van der Waals surface area contributed by atoms with Gasteiger partial charge in [-0.1, -0.05) is 0 Å². The van der Waals surface area contributed by atoms with Gasteiger partial charge in [0.1, 0.15) is 6.33 Å². The number of hydrogen-bond acceptors (Lipinski definition) is 8. The van der Waals surface area contributed by atoms with E-state index in [0.29, 0.717) is 30.9 Å². The predicted octanol–water partition coefficient (Wildman–Crippen LogP) is 2.54. The van der Waals surface area contributed by atoms with Gasteiger partial charge in [-0.3, -0.25) is 14.9 Å². The van der Waals surface area contributed by atoms with Crippen LogP contribution in [0.4, 0.5) is 28.7 Å². The van der Waals surface area contributed by atoms with Crippen LogP contribution < -0.4 is 16.0 Å². The van der Waals surface area contributed by atoms with E-state index in [2.05, 4.69) is 25.9 Å². The quantitative estimate of drug-likeness (QED) is 0.353. The van der Waals surface area contributed by atoms with Crippen LogP contribution in [0.25, 0.3) is 0 Å². The summed E-state index contributed by atoms with van der Waals surface area (Å²) in [5, 5.41) is 19.9. The number of benzene rings is 1. The Kier molecular flexibility index (Phi) is 6.80. The highest BCUT2D eigenvalue weighted by molar-refractivity contribution is 5.89. The second kappa shape index (κ2) is 9.28. The minimum atomic E-state index is -0.535. The molecular weight excluding hydrogens is 340 g/mol. The first-order valence-corrected chi connectivity index (χ1v) is 7.88. The van der Waals surface area contributed by atoms with Crippen molar-refractivity contribution in [3.63, 3.8) is 0 Å². The number of anilines is 4. The molecule has 0 unspecified atom stereocenters. The topological polar surface area (TPSA) is 131 Å². The molecule has 1 aromatic carbocycles. The summed E-state index contributed by atoms with van der Waals surface area (Å²) in [5.41, 5.74) is 0.975. The van der Waals surface area contributed by atoms with Gasteiger partial charge < -0.3 is 20.7 Å². The van der Waals surface area contributed by atoms with Crippen molar-refractivity contribution >= 4 is 34.6 Å². The molecule has 0 spiro atoms. The summed E-state index contributed by atoms with van der Waals surface area (Å²) >= 11 is 0. The zero-order chi connectivity index (χ0) is 18.9. The van der Waals surface area contributed by atoms with E-state index in [0.717, 1.165) is 0 Å². The molecule has 0 atom stereocenters. The van der Waals surface area contributed by atoms with Crippen LogP contribution in [-0.4, -0.2) is 41.1 Å². The smallest absolute Gasteiger partial charge is 0.353 e. The summed E-state index contributed by atoms with van der Waals surface area (Å²) in [4.78, 5) is 29.9. The maximum Gasteiger partial charge on any atom is 0.353 e. The second-order valence-corrected chi connectivity index (χ2v) is 5.33. The molecule has 0 saturated heterocycles. The molecule has 0 fully saturated rings. The Morgan fingerprint density at radius 1 is 1.19 bits per heavy atom. The number of ether oxygens (including phenoxy) is 1. The molecule has 1 heterocycles. The number of rotatable bonds is 9. The van der Waals surface area contributed by atoms with Crippen LogP contribution in [0.5, 0.6) is 0 Å². The largest absolute Gasteiger partial charge is 0.385 e. The van der Waals surface area contributed by atoms with E-state index in [1.54, 1.807) is 31.4 Å². The van der Waals surface area contributed by atoms with Crippen molar-refractivity contribution in [1.29, 1.82) is 0 Å². The lowest BCUT2D eigenvalue weighted by Gasteiger charge is -2.10. The van der Waals surface area contributed by atoms with E-state index >= 15 is 0 Å². The van der Waals surface area contributed by atoms with Crippen LogP contribution in [0.3, 0.4) is 0 Å². The fourth-order valence-electron chi connectivity index (χ4n) is 2.17. The van der Waals surface area contributed by atoms with E-state index in [1.807, 2.05) is 0 Å². The lowest BCUT2D eigenvalue weighted by Crippen LogP contribution is -2.10. The van der Waals surface area contributed by atoms with Crippen molar-refractivity contribution in [2.24, 2.45) is 0 Å². The summed E-state index contributed by atoms with van der Waals surface area (Å²) in [5.74, 6) is 0.0336. The van der Waals surface area contributed by atoms with E-state index in [9.17, 15) is 14.9 Å². The number of nitrogens with zero attached hydrogens (tertiary/aromatic N) is 3. The maximum absolute atomic E-state index is 11.5. The number of hydrogen-bond donors (Lipinski definition) is 3. The Morgan fingerprint density at radius 3 is 2.46 bits per heavy atom. The standard InChI is InChI=1S/C16H20N6O4/c1-11(23)20-12-4-6-13(7-5-12)21-16-14(22(24)25)15(18-10-19-16)17-8-3-9-26-2/h4-7,10H,3,8-9H2,1-2H3,(H,20,23)(H2,17,18,19,21). The molecule has 138 valence electrons. The lowest BCUT2D eigenvalue weighted by atomic mass is 10.2. The SMILES string of the molecule is COCCCNc1ncnc(Nc2ccc(NC(C)=O)cc2)c1[N+](=O)[O-]. The van der Waals surface area contributed by atoms with E-state index in [-0.39, 0.29) is 23.2 Å². The molecule has 26 heavy (non-hydrogen) atoms. The minimum absolute atomic E-state index is 0.0755. The van der Waals surface area contributed by atoms with Gasteiger partial charge in [-0.25, -0.2) is 9.97 Å². The average Bonchev–Trinajstić information content (AvgIpc) is 2.60. The highest BCUT2D eigenvalue weighted by Crippen LogP contribution is 2.31.